The average Bonchev–Trinajstić information content (AvgIpc) is 3.28. The van der Waals surface area contributed by atoms with Crippen LogP contribution in [0.1, 0.15) is 26.2 Å². The third-order valence-electron chi connectivity index (χ3n) is 5.01. The molecule has 2 saturated heterocycles. The van der Waals surface area contributed by atoms with Crippen LogP contribution in [0.4, 0.5) is 0 Å². The maximum absolute atomic E-state index is 12.5. The van der Waals surface area contributed by atoms with E-state index in [0.717, 1.165) is 76.9 Å². The van der Waals surface area contributed by atoms with E-state index in [1.165, 1.54) is 4.90 Å². The Morgan fingerprint density at radius 3 is 2.59 bits per heavy atom. The number of aliphatic imine (C=N–C) groups is 1. The molecule has 29 heavy (non-hydrogen) atoms. The minimum atomic E-state index is -0.212. The minimum absolute atomic E-state index is 0. The zero-order valence-electron chi connectivity index (χ0n) is 17.2. The molecule has 3 rings (SSSR count). The molecule has 0 aromatic heterocycles. The number of piperazine rings is 1. The molecule has 1 aromatic carbocycles. The Morgan fingerprint density at radius 1 is 1.21 bits per heavy atom. The Hall–Kier alpha value is -1.00. The lowest BCUT2D eigenvalue weighted by molar-refractivity contribution is -0.142. The molecule has 0 radical (unpaired) electrons. The van der Waals surface area contributed by atoms with E-state index < -0.39 is 0 Å². The van der Waals surface area contributed by atoms with Crippen LogP contribution in [-0.2, 0) is 9.53 Å². The summed E-state index contributed by atoms with van der Waals surface area (Å²) in [5.74, 6) is 2.20. The monoisotopic (exact) mass is 532 g/mol. The van der Waals surface area contributed by atoms with Crippen LogP contribution in [-0.4, -0.2) is 79.4 Å². The molecule has 8 heteroatoms. The summed E-state index contributed by atoms with van der Waals surface area (Å²) in [5.41, 5.74) is 0. The third kappa shape index (κ3) is 7.64. The first kappa shape index (κ1) is 24.3. The molecule has 0 aliphatic carbocycles. The van der Waals surface area contributed by atoms with Crippen molar-refractivity contribution in [1.82, 2.24) is 15.1 Å². The maximum atomic E-state index is 12.5. The van der Waals surface area contributed by atoms with Crippen molar-refractivity contribution in [2.45, 2.75) is 37.2 Å². The van der Waals surface area contributed by atoms with Crippen molar-refractivity contribution in [3.8, 4) is 0 Å². The fourth-order valence-electron chi connectivity index (χ4n) is 3.50. The molecule has 1 aromatic rings. The number of amides is 1. The molecule has 1 amide bonds. The highest BCUT2D eigenvalue weighted by molar-refractivity contribution is 14.0. The SMILES string of the molecule is CCNC(=NCCCSc1ccccc1)N1CCN(C(=O)C2CCCO2)CC1.I. The third-order valence-corrected chi connectivity index (χ3v) is 6.11. The molecule has 1 N–H and O–H groups in total. The van der Waals surface area contributed by atoms with Gasteiger partial charge in [-0.2, -0.15) is 0 Å². The molecule has 6 nitrogen and oxygen atoms in total. The number of hydrogen-bond donors (Lipinski definition) is 1. The number of rotatable bonds is 7. The number of guanidine groups is 1. The second kappa shape index (κ2) is 13.3. The molecule has 162 valence electrons. The minimum Gasteiger partial charge on any atom is -0.368 e. The van der Waals surface area contributed by atoms with Gasteiger partial charge in [0.1, 0.15) is 6.10 Å². The first-order valence-corrected chi connectivity index (χ1v) is 11.4. The summed E-state index contributed by atoms with van der Waals surface area (Å²) in [6.45, 7) is 7.62. The van der Waals surface area contributed by atoms with Crippen LogP contribution in [0, 0.1) is 0 Å². The van der Waals surface area contributed by atoms with Crippen LogP contribution in [0.25, 0.3) is 0 Å². The lowest BCUT2D eigenvalue weighted by Crippen LogP contribution is -2.55. The normalized spacial score (nSPS) is 19.8. The second-order valence-corrected chi connectivity index (χ2v) is 8.23. The van der Waals surface area contributed by atoms with Gasteiger partial charge in [-0.3, -0.25) is 9.79 Å². The summed E-state index contributed by atoms with van der Waals surface area (Å²) in [7, 11) is 0. The van der Waals surface area contributed by atoms with Gasteiger partial charge in [-0.15, -0.1) is 35.7 Å². The zero-order valence-corrected chi connectivity index (χ0v) is 20.4. The van der Waals surface area contributed by atoms with Gasteiger partial charge in [-0.05, 0) is 44.1 Å². The van der Waals surface area contributed by atoms with Gasteiger partial charge < -0.3 is 19.9 Å². The van der Waals surface area contributed by atoms with Crippen molar-refractivity contribution in [1.29, 1.82) is 0 Å². The summed E-state index contributed by atoms with van der Waals surface area (Å²) in [6.07, 6.45) is 2.70. The van der Waals surface area contributed by atoms with Gasteiger partial charge in [0.05, 0.1) is 0 Å². The Morgan fingerprint density at radius 2 is 1.93 bits per heavy atom. The first-order chi connectivity index (χ1) is 13.8. The van der Waals surface area contributed by atoms with Crippen LogP contribution in [0.2, 0.25) is 0 Å². The largest absolute Gasteiger partial charge is 0.368 e. The lowest BCUT2D eigenvalue weighted by Gasteiger charge is -2.37. The van der Waals surface area contributed by atoms with Gasteiger partial charge in [0.2, 0.25) is 0 Å². The molecule has 2 fully saturated rings. The highest BCUT2D eigenvalue weighted by atomic mass is 127. The van der Waals surface area contributed by atoms with E-state index in [0.29, 0.717) is 0 Å². The number of benzene rings is 1. The summed E-state index contributed by atoms with van der Waals surface area (Å²) in [4.78, 5) is 22.8. The Labute approximate surface area is 195 Å². The van der Waals surface area contributed by atoms with Crippen molar-refractivity contribution in [3.05, 3.63) is 30.3 Å². The van der Waals surface area contributed by atoms with Crippen molar-refractivity contribution < 1.29 is 9.53 Å². The number of ether oxygens (including phenoxy) is 1. The molecule has 2 aliphatic heterocycles. The van der Waals surface area contributed by atoms with E-state index in [4.69, 9.17) is 9.73 Å². The van der Waals surface area contributed by atoms with E-state index in [9.17, 15) is 4.79 Å². The van der Waals surface area contributed by atoms with Crippen LogP contribution < -0.4 is 5.32 Å². The summed E-state index contributed by atoms with van der Waals surface area (Å²) in [6, 6.07) is 10.5. The quantitative estimate of drug-likeness (QED) is 0.192. The maximum Gasteiger partial charge on any atom is 0.251 e. The van der Waals surface area contributed by atoms with Crippen molar-refractivity contribution in [2.24, 2.45) is 4.99 Å². The van der Waals surface area contributed by atoms with E-state index in [1.54, 1.807) is 0 Å². The van der Waals surface area contributed by atoms with Gasteiger partial charge in [0.25, 0.3) is 5.91 Å². The Balaban J connectivity index is 0.00000300. The van der Waals surface area contributed by atoms with Crippen LogP contribution in [0.5, 0.6) is 0 Å². The standard InChI is InChI=1S/C21H32N4O2S.HI/c1-2-22-21(23-11-7-17-28-18-8-4-3-5-9-18)25-14-12-24(13-15-25)20(26)19-10-6-16-27-19;/h3-5,8-9,19H,2,6-7,10-17H2,1H3,(H,22,23);1H. The van der Waals surface area contributed by atoms with Crippen molar-refractivity contribution in [2.75, 3.05) is 51.6 Å². The molecule has 2 heterocycles. The average molecular weight is 532 g/mol. The zero-order chi connectivity index (χ0) is 19.6. The summed E-state index contributed by atoms with van der Waals surface area (Å²) in [5, 5.41) is 3.40. The molecule has 2 aliphatic rings. The van der Waals surface area contributed by atoms with Gasteiger partial charge >= 0.3 is 0 Å². The number of carbonyl (C=O) groups is 1. The summed E-state index contributed by atoms with van der Waals surface area (Å²) < 4.78 is 5.55. The topological polar surface area (TPSA) is 57.2 Å². The molecular formula is C21H33IN4O2S. The number of thioether (sulfide) groups is 1. The predicted molar refractivity (Wildman–Crippen MR) is 130 cm³/mol. The Kier molecular flexibility index (Phi) is 11.2. The molecule has 1 unspecified atom stereocenters. The second-order valence-electron chi connectivity index (χ2n) is 7.06. The van der Waals surface area contributed by atoms with Gasteiger partial charge in [0, 0.05) is 50.8 Å². The number of hydrogen-bond acceptors (Lipinski definition) is 4. The Bertz CT molecular complexity index is 633. The van der Waals surface area contributed by atoms with E-state index in [2.05, 4.69) is 41.4 Å². The fraction of sp³-hybridized carbons (Fsp3) is 0.619. The van der Waals surface area contributed by atoms with Gasteiger partial charge in [-0.25, -0.2) is 0 Å². The van der Waals surface area contributed by atoms with E-state index >= 15 is 0 Å². The number of carbonyl (C=O) groups excluding carboxylic acids is 1. The number of nitrogens with zero attached hydrogens (tertiary/aromatic N) is 3. The number of halogens is 1. The molecule has 0 bridgehead atoms. The molecule has 1 atom stereocenters. The smallest absolute Gasteiger partial charge is 0.251 e. The molecular weight excluding hydrogens is 499 g/mol. The van der Waals surface area contributed by atoms with Crippen LogP contribution >= 0.6 is 35.7 Å². The lowest BCUT2D eigenvalue weighted by atomic mass is 10.2. The van der Waals surface area contributed by atoms with Crippen LogP contribution in [0.15, 0.2) is 40.2 Å². The highest BCUT2D eigenvalue weighted by Gasteiger charge is 2.30. The van der Waals surface area contributed by atoms with Crippen LogP contribution in [0.3, 0.4) is 0 Å². The fourth-order valence-corrected chi connectivity index (χ4v) is 4.36. The molecule has 0 saturated carbocycles. The van der Waals surface area contributed by atoms with Gasteiger partial charge in [0.15, 0.2) is 5.96 Å². The highest BCUT2D eigenvalue weighted by Crippen LogP contribution is 2.18. The number of nitrogens with one attached hydrogen (secondary N) is 1. The van der Waals surface area contributed by atoms with Crippen molar-refractivity contribution >= 4 is 47.6 Å². The van der Waals surface area contributed by atoms with Gasteiger partial charge in [-0.1, -0.05) is 18.2 Å². The predicted octanol–water partition coefficient (Wildman–Crippen LogP) is 3.08. The summed E-state index contributed by atoms with van der Waals surface area (Å²) >= 11 is 1.88. The molecule has 0 spiro atoms. The first-order valence-electron chi connectivity index (χ1n) is 10.4. The van der Waals surface area contributed by atoms with Crippen molar-refractivity contribution in [3.63, 3.8) is 0 Å². The van der Waals surface area contributed by atoms with E-state index in [1.807, 2.05) is 22.7 Å². The van der Waals surface area contributed by atoms with E-state index in [-0.39, 0.29) is 36.0 Å².